The number of halogens is 1. The molecule has 0 atom stereocenters. The largest absolute Gasteiger partial charge is 0.428 e. The lowest BCUT2D eigenvalue weighted by atomic mass is 9.82. The Kier molecular flexibility index (Phi) is 3.37. The SMILES string of the molecule is ClNC[C@H]1CC[C@H](c2nnco2)CC1. The summed E-state index contributed by atoms with van der Waals surface area (Å²) in [5.74, 6) is 1.96. The van der Waals surface area contributed by atoms with Crippen LogP contribution in [-0.4, -0.2) is 16.7 Å². The lowest BCUT2D eigenvalue weighted by Gasteiger charge is -2.25. The number of hydrogen-bond acceptors (Lipinski definition) is 4. The van der Waals surface area contributed by atoms with Gasteiger partial charge in [-0.05, 0) is 43.4 Å². The van der Waals surface area contributed by atoms with Gasteiger partial charge in [-0.1, -0.05) is 0 Å². The molecule has 0 spiro atoms. The summed E-state index contributed by atoms with van der Waals surface area (Å²) in [6.07, 6.45) is 6.04. The Labute approximate surface area is 88.1 Å². The van der Waals surface area contributed by atoms with Crippen molar-refractivity contribution < 1.29 is 4.42 Å². The van der Waals surface area contributed by atoms with Crippen LogP contribution in [0.15, 0.2) is 10.8 Å². The van der Waals surface area contributed by atoms with Crippen LogP contribution in [0.1, 0.15) is 37.5 Å². The molecule has 1 aromatic rings. The standard InChI is InChI=1S/C9H14ClN3O/c10-11-5-7-1-3-8(4-2-7)9-13-12-6-14-9/h6-8,11H,1-5H2/t7-,8-. The molecule has 4 nitrogen and oxygen atoms in total. The molecule has 1 N–H and O–H groups in total. The van der Waals surface area contributed by atoms with Crippen LogP contribution in [0, 0.1) is 5.92 Å². The van der Waals surface area contributed by atoms with Crippen molar-refractivity contribution in [3.8, 4) is 0 Å². The summed E-state index contributed by atoms with van der Waals surface area (Å²) in [6.45, 7) is 0.901. The van der Waals surface area contributed by atoms with Crippen molar-refractivity contribution in [2.24, 2.45) is 5.92 Å². The summed E-state index contributed by atoms with van der Waals surface area (Å²) in [5, 5.41) is 7.66. The molecule has 2 rings (SSSR count). The van der Waals surface area contributed by atoms with Gasteiger partial charge in [-0.2, -0.15) is 0 Å². The molecule has 1 aliphatic rings. The van der Waals surface area contributed by atoms with Gasteiger partial charge in [0.15, 0.2) is 0 Å². The summed E-state index contributed by atoms with van der Waals surface area (Å²) in [5.41, 5.74) is 0. The van der Waals surface area contributed by atoms with Crippen molar-refractivity contribution in [3.05, 3.63) is 12.3 Å². The summed E-state index contributed by atoms with van der Waals surface area (Å²) in [6, 6.07) is 0. The molecule has 1 aliphatic carbocycles. The Hall–Kier alpha value is -0.610. The molecule has 78 valence electrons. The van der Waals surface area contributed by atoms with E-state index in [1.54, 1.807) is 0 Å². The average Bonchev–Trinajstić information content (AvgIpc) is 2.72. The first kappa shape index (κ1) is 9.93. The Morgan fingerprint density at radius 1 is 1.43 bits per heavy atom. The molecule has 1 saturated carbocycles. The number of nitrogens with zero attached hydrogens (tertiary/aromatic N) is 2. The second-order valence-corrected chi connectivity index (χ2v) is 4.10. The van der Waals surface area contributed by atoms with E-state index in [0.29, 0.717) is 11.8 Å². The van der Waals surface area contributed by atoms with Crippen LogP contribution >= 0.6 is 11.8 Å². The van der Waals surface area contributed by atoms with E-state index in [1.165, 1.54) is 19.2 Å². The molecule has 1 aromatic heterocycles. The molecule has 1 heterocycles. The Morgan fingerprint density at radius 3 is 2.79 bits per heavy atom. The van der Waals surface area contributed by atoms with Gasteiger partial charge in [-0.15, -0.1) is 10.2 Å². The van der Waals surface area contributed by atoms with E-state index in [0.717, 1.165) is 25.3 Å². The van der Waals surface area contributed by atoms with Gasteiger partial charge in [0, 0.05) is 12.5 Å². The van der Waals surface area contributed by atoms with Crippen LogP contribution in [0.2, 0.25) is 0 Å². The molecule has 0 aliphatic heterocycles. The molecule has 14 heavy (non-hydrogen) atoms. The molecule has 0 saturated heterocycles. The minimum atomic E-state index is 0.462. The smallest absolute Gasteiger partial charge is 0.219 e. The van der Waals surface area contributed by atoms with E-state index in [1.807, 2.05) is 0 Å². The highest BCUT2D eigenvalue weighted by atomic mass is 35.5. The van der Waals surface area contributed by atoms with Crippen molar-refractivity contribution in [2.45, 2.75) is 31.6 Å². The summed E-state index contributed by atoms with van der Waals surface area (Å²) < 4.78 is 5.20. The predicted molar refractivity (Wildman–Crippen MR) is 52.9 cm³/mol. The number of rotatable bonds is 3. The van der Waals surface area contributed by atoms with Crippen molar-refractivity contribution >= 4 is 11.8 Å². The van der Waals surface area contributed by atoms with Crippen LogP contribution in [-0.2, 0) is 0 Å². The van der Waals surface area contributed by atoms with Crippen LogP contribution in [0.3, 0.4) is 0 Å². The fourth-order valence-electron chi connectivity index (χ4n) is 2.08. The minimum absolute atomic E-state index is 0.462. The third-order valence-corrected chi connectivity index (χ3v) is 3.09. The second-order valence-electron chi connectivity index (χ2n) is 3.83. The molecule has 0 bridgehead atoms. The Balaban J connectivity index is 1.84. The van der Waals surface area contributed by atoms with Crippen LogP contribution in [0.25, 0.3) is 0 Å². The predicted octanol–water partition coefficient (Wildman–Crippen LogP) is 2.09. The fourth-order valence-corrected chi connectivity index (χ4v) is 2.30. The van der Waals surface area contributed by atoms with Gasteiger partial charge < -0.3 is 4.42 Å². The highest BCUT2D eigenvalue weighted by molar-refractivity contribution is 6.13. The van der Waals surface area contributed by atoms with Gasteiger partial charge >= 0.3 is 0 Å². The van der Waals surface area contributed by atoms with E-state index in [4.69, 9.17) is 16.2 Å². The second kappa shape index (κ2) is 4.75. The van der Waals surface area contributed by atoms with Crippen molar-refractivity contribution in [1.82, 2.24) is 15.0 Å². The summed E-state index contributed by atoms with van der Waals surface area (Å²) in [4.78, 5) is 2.71. The molecule has 1 fully saturated rings. The normalized spacial score (nSPS) is 27.8. The van der Waals surface area contributed by atoms with E-state index < -0.39 is 0 Å². The third kappa shape index (κ3) is 2.25. The van der Waals surface area contributed by atoms with E-state index in [2.05, 4.69) is 15.0 Å². The molecular formula is C9H14ClN3O. The average molecular weight is 216 g/mol. The molecular weight excluding hydrogens is 202 g/mol. The van der Waals surface area contributed by atoms with Gasteiger partial charge in [0.05, 0.1) is 0 Å². The molecule has 0 amide bonds. The zero-order valence-electron chi connectivity index (χ0n) is 7.95. The van der Waals surface area contributed by atoms with Gasteiger partial charge in [-0.3, -0.25) is 0 Å². The zero-order chi connectivity index (χ0) is 9.80. The first-order valence-corrected chi connectivity index (χ1v) is 5.37. The highest BCUT2D eigenvalue weighted by Gasteiger charge is 2.24. The summed E-state index contributed by atoms with van der Waals surface area (Å²) in [7, 11) is 0. The fraction of sp³-hybridized carbons (Fsp3) is 0.778. The molecule has 0 aromatic carbocycles. The lowest BCUT2D eigenvalue weighted by molar-refractivity contribution is 0.293. The van der Waals surface area contributed by atoms with Gasteiger partial charge in [0.25, 0.3) is 0 Å². The van der Waals surface area contributed by atoms with E-state index >= 15 is 0 Å². The van der Waals surface area contributed by atoms with Crippen molar-refractivity contribution in [1.29, 1.82) is 0 Å². The zero-order valence-corrected chi connectivity index (χ0v) is 8.70. The molecule has 0 unspecified atom stereocenters. The number of hydrogen-bond donors (Lipinski definition) is 1. The van der Waals surface area contributed by atoms with Crippen LogP contribution in [0.5, 0.6) is 0 Å². The maximum absolute atomic E-state index is 5.48. The maximum atomic E-state index is 5.48. The molecule has 0 radical (unpaired) electrons. The van der Waals surface area contributed by atoms with Crippen LogP contribution in [0.4, 0.5) is 0 Å². The third-order valence-electron chi connectivity index (χ3n) is 2.94. The highest BCUT2D eigenvalue weighted by Crippen LogP contribution is 2.34. The van der Waals surface area contributed by atoms with E-state index in [9.17, 15) is 0 Å². The van der Waals surface area contributed by atoms with Crippen molar-refractivity contribution in [3.63, 3.8) is 0 Å². The maximum Gasteiger partial charge on any atom is 0.219 e. The van der Waals surface area contributed by atoms with Gasteiger partial charge in [0.2, 0.25) is 12.3 Å². The summed E-state index contributed by atoms with van der Waals surface area (Å²) >= 11 is 5.48. The Morgan fingerprint density at radius 2 is 2.21 bits per heavy atom. The topological polar surface area (TPSA) is 51.0 Å². The number of nitrogens with one attached hydrogen (secondary N) is 1. The van der Waals surface area contributed by atoms with Gasteiger partial charge in [-0.25, -0.2) is 4.84 Å². The Bertz CT molecular complexity index is 257. The van der Waals surface area contributed by atoms with Crippen LogP contribution < -0.4 is 4.84 Å². The minimum Gasteiger partial charge on any atom is -0.428 e. The molecule has 5 heteroatoms. The first-order valence-electron chi connectivity index (χ1n) is 4.99. The van der Waals surface area contributed by atoms with Crippen molar-refractivity contribution in [2.75, 3.05) is 6.54 Å². The van der Waals surface area contributed by atoms with E-state index in [-0.39, 0.29) is 0 Å². The first-order chi connectivity index (χ1) is 6.90. The van der Waals surface area contributed by atoms with Gasteiger partial charge in [0.1, 0.15) is 0 Å². The number of aromatic nitrogens is 2. The quantitative estimate of drug-likeness (QED) is 0.785. The monoisotopic (exact) mass is 215 g/mol. The lowest BCUT2D eigenvalue weighted by Crippen LogP contribution is -2.21.